The van der Waals surface area contributed by atoms with Crippen molar-refractivity contribution in [1.29, 1.82) is 0 Å². The summed E-state index contributed by atoms with van der Waals surface area (Å²) in [5.41, 5.74) is 8.00. The van der Waals surface area contributed by atoms with Crippen molar-refractivity contribution in [2.75, 3.05) is 22.9 Å². The van der Waals surface area contributed by atoms with Gasteiger partial charge in [-0.3, -0.25) is 4.79 Å². The lowest BCUT2D eigenvalue weighted by Gasteiger charge is -2.09. The number of para-hydroxylation sites is 1. The van der Waals surface area contributed by atoms with E-state index >= 15 is 0 Å². The number of hydrogen-bond donors (Lipinski definition) is 3. The molecule has 0 saturated heterocycles. The van der Waals surface area contributed by atoms with E-state index in [2.05, 4.69) is 10.6 Å². The van der Waals surface area contributed by atoms with Crippen LogP contribution in [0.3, 0.4) is 0 Å². The molecule has 1 aliphatic heterocycles. The molecule has 1 aliphatic rings. The number of nitrogens with two attached hydrogens (primary N) is 1. The van der Waals surface area contributed by atoms with Crippen LogP contribution in [0, 0.1) is 0 Å². The van der Waals surface area contributed by atoms with Gasteiger partial charge in [0.15, 0.2) is 0 Å². The molecule has 0 saturated carbocycles. The van der Waals surface area contributed by atoms with E-state index in [1.54, 1.807) is 0 Å². The van der Waals surface area contributed by atoms with Crippen molar-refractivity contribution in [2.45, 2.75) is 6.42 Å². The molecule has 4 heteroatoms. The Hall–Kier alpha value is -1.71. The van der Waals surface area contributed by atoms with Crippen LogP contribution in [0.25, 0.3) is 0 Å². The number of carbonyl (C=O) groups is 1. The first kappa shape index (κ1) is 7.91. The average molecular weight is 177 g/mol. The van der Waals surface area contributed by atoms with Crippen molar-refractivity contribution in [1.82, 2.24) is 0 Å². The SMILES string of the molecule is Nc1cccc2c1NCCC(=O)N2. The van der Waals surface area contributed by atoms with Gasteiger partial charge in [-0.05, 0) is 12.1 Å². The summed E-state index contributed by atoms with van der Waals surface area (Å²) < 4.78 is 0. The zero-order valence-electron chi connectivity index (χ0n) is 7.13. The Morgan fingerprint density at radius 2 is 2.23 bits per heavy atom. The van der Waals surface area contributed by atoms with E-state index in [0.29, 0.717) is 18.7 Å². The molecule has 1 heterocycles. The number of rotatable bonds is 0. The first-order chi connectivity index (χ1) is 6.27. The number of nitrogen functional groups attached to an aromatic ring is 1. The highest BCUT2D eigenvalue weighted by Gasteiger charge is 2.12. The van der Waals surface area contributed by atoms with Gasteiger partial charge in [-0.25, -0.2) is 0 Å². The van der Waals surface area contributed by atoms with Crippen LogP contribution in [0.5, 0.6) is 0 Å². The van der Waals surface area contributed by atoms with Crippen molar-refractivity contribution in [2.24, 2.45) is 0 Å². The van der Waals surface area contributed by atoms with E-state index in [0.717, 1.165) is 11.4 Å². The smallest absolute Gasteiger partial charge is 0.226 e. The summed E-state index contributed by atoms with van der Waals surface area (Å²) in [6.45, 7) is 0.632. The normalized spacial score (nSPS) is 15.2. The molecule has 0 spiro atoms. The number of benzene rings is 1. The number of carbonyl (C=O) groups excluding carboxylic acids is 1. The minimum atomic E-state index is 0.0249. The maximum atomic E-state index is 11.2. The van der Waals surface area contributed by atoms with E-state index in [1.807, 2.05) is 18.2 Å². The lowest BCUT2D eigenvalue weighted by Crippen LogP contribution is -2.10. The molecule has 2 rings (SSSR count). The monoisotopic (exact) mass is 177 g/mol. The summed E-state index contributed by atoms with van der Waals surface area (Å²) in [6.07, 6.45) is 0.480. The summed E-state index contributed by atoms with van der Waals surface area (Å²) in [7, 11) is 0. The number of nitrogens with one attached hydrogen (secondary N) is 2. The molecule has 0 unspecified atom stereocenters. The highest BCUT2D eigenvalue weighted by Crippen LogP contribution is 2.29. The molecular weight excluding hydrogens is 166 g/mol. The minimum absolute atomic E-state index is 0.0249. The number of anilines is 3. The third-order valence-corrected chi connectivity index (χ3v) is 2.02. The molecule has 4 nitrogen and oxygen atoms in total. The van der Waals surface area contributed by atoms with Gasteiger partial charge < -0.3 is 16.4 Å². The van der Waals surface area contributed by atoms with Crippen molar-refractivity contribution in [3.8, 4) is 0 Å². The van der Waals surface area contributed by atoms with E-state index in [1.165, 1.54) is 0 Å². The van der Waals surface area contributed by atoms with E-state index < -0.39 is 0 Å². The molecule has 1 aromatic rings. The van der Waals surface area contributed by atoms with Crippen molar-refractivity contribution in [3.63, 3.8) is 0 Å². The molecular formula is C9H11N3O. The maximum absolute atomic E-state index is 11.2. The van der Waals surface area contributed by atoms with Crippen LogP contribution in [0.1, 0.15) is 6.42 Å². The summed E-state index contributed by atoms with van der Waals surface area (Å²) in [5, 5.41) is 5.90. The van der Waals surface area contributed by atoms with E-state index in [-0.39, 0.29) is 5.91 Å². The molecule has 68 valence electrons. The molecule has 4 N–H and O–H groups in total. The molecule has 0 atom stereocenters. The molecule has 0 aliphatic carbocycles. The van der Waals surface area contributed by atoms with Crippen LogP contribution in [0.2, 0.25) is 0 Å². The third-order valence-electron chi connectivity index (χ3n) is 2.02. The van der Waals surface area contributed by atoms with Crippen LogP contribution in [-0.4, -0.2) is 12.5 Å². The van der Waals surface area contributed by atoms with Gasteiger partial charge in [0.05, 0.1) is 17.1 Å². The first-order valence-corrected chi connectivity index (χ1v) is 4.19. The fourth-order valence-electron chi connectivity index (χ4n) is 1.39. The predicted octanol–water partition coefficient (Wildman–Crippen LogP) is 1.02. The van der Waals surface area contributed by atoms with Crippen molar-refractivity contribution < 1.29 is 4.79 Å². The van der Waals surface area contributed by atoms with Gasteiger partial charge in [0, 0.05) is 13.0 Å². The summed E-state index contributed by atoms with van der Waals surface area (Å²) in [6, 6.07) is 5.46. The molecule has 1 aromatic carbocycles. The van der Waals surface area contributed by atoms with Crippen LogP contribution in [0.15, 0.2) is 18.2 Å². The summed E-state index contributed by atoms with van der Waals surface area (Å²) in [4.78, 5) is 11.2. The molecule has 0 bridgehead atoms. The highest BCUT2D eigenvalue weighted by molar-refractivity contribution is 5.98. The lowest BCUT2D eigenvalue weighted by atomic mass is 10.2. The molecule has 13 heavy (non-hydrogen) atoms. The van der Waals surface area contributed by atoms with Gasteiger partial charge in [-0.2, -0.15) is 0 Å². The van der Waals surface area contributed by atoms with Crippen molar-refractivity contribution >= 4 is 23.0 Å². The van der Waals surface area contributed by atoms with Crippen LogP contribution in [0.4, 0.5) is 17.1 Å². The summed E-state index contributed by atoms with van der Waals surface area (Å²) >= 11 is 0. The molecule has 0 fully saturated rings. The highest BCUT2D eigenvalue weighted by atomic mass is 16.1. The Labute approximate surface area is 76.1 Å². The van der Waals surface area contributed by atoms with Gasteiger partial charge in [0.2, 0.25) is 5.91 Å². The maximum Gasteiger partial charge on any atom is 0.226 e. The second kappa shape index (κ2) is 2.97. The Bertz CT molecular complexity index is 349. The number of fused-ring (bicyclic) bond motifs is 1. The van der Waals surface area contributed by atoms with Gasteiger partial charge in [0.1, 0.15) is 0 Å². The van der Waals surface area contributed by atoms with Gasteiger partial charge in [-0.1, -0.05) is 6.07 Å². The molecule has 1 amide bonds. The largest absolute Gasteiger partial charge is 0.397 e. The van der Waals surface area contributed by atoms with E-state index in [9.17, 15) is 4.79 Å². The zero-order valence-corrected chi connectivity index (χ0v) is 7.13. The topological polar surface area (TPSA) is 67.1 Å². The number of hydrogen-bond acceptors (Lipinski definition) is 3. The fourth-order valence-corrected chi connectivity index (χ4v) is 1.39. The molecule has 0 radical (unpaired) electrons. The quantitative estimate of drug-likeness (QED) is 0.518. The second-order valence-electron chi connectivity index (χ2n) is 2.99. The fraction of sp³-hybridized carbons (Fsp3) is 0.222. The standard InChI is InChI=1S/C9H11N3O/c10-6-2-1-3-7-9(6)11-5-4-8(13)12-7/h1-3,11H,4-5,10H2,(H,12,13). The lowest BCUT2D eigenvalue weighted by molar-refractivity contribution is -0.115. The predicted molar refractivity (Wildman–Crippen MR) is 52.6 cm³/mol. The number of amides is 1. The zero-order chi connectivity index (χ0) is 9.26. The Morgan fingerprint density at radius 1 is 1.38 bits per heavy atom. The van der Waals surface area contributed by atoms with Crippen LogP contribution in [-0.2, 0) is 4.79 Å². The van der Waals surface area contributed by atoms with Crippen molar-refractivity contribution in [3.05, 3.63) is 18.2 Å². The van der Waals surface area contributed by atoms with E-state index in [4.69, 9.17) is 5.73 Å². The Balaban J connectivity index is 2.45. The third kappa shape index (κ3) is 1.42. The Kier molecular flexibility index (Phi) is 1.81. The Morgan fingerprint density at radius 3 is 3.08 bits per heavy atom. The first-order valence-electron chi connectivity index (χ1n) is 4.19. The minimum Gasteiger partial charge on any atom is -0.397 e. The average Bonchev–Trinajstić information content (AvgIpc) is 2.27. The van der Waals surface area contributed by atoms with Gasteiger partial charge in [-0.15, -0.1) is 0 Å². The van der Waals surface area contributed by atoms with Crippen LogP contribution >= 0.6 is 0 Å². The second-order valence-corrected chi connectivity index (χ2v) is 2.99. The van der Waals surface area contributed by atoms with Gasteiger partial charge >= 0.3 is 0 Å². The van der Waals surface area contributed by atoms with Gasteiger partial charge in [0.25, 0.3) is 0 Å². The summed E-state index contributed by atoms with van der Waals surface area (Å²) in [5.74, 6) is 0.0249. The van der Waals surface area contributed by atoms with Crippen LogP contribution < -0.4 is 16.4 Å². The molecule has 0 aromatic heterocycles.